The number of aryl methyl sites for hydroxylation is 1. The van der Waals surface area contributed by atoms with Crippen LogP contribution in [0.15, 0.2) is 24.3 Å². The van der Waals surface area contributed by atoms with E-state index >= 15 is 0 Å². The van der Waals surface area contributed by atoms with Crippen molar-refractivity contribution < 1.29 is 9.59 Å². The highest BCUT2D eigenvalue weighted by atomic mass is 35.5. The number of rotatable bonds is 9. The number of carbonyl (C=O) groups excluding carboxylic acids is 2. The van der Waals surface area contributed by atoms with Gasteiger partial charge in [0.15, 0.2) is 0 Å². The summed E-state index contributed by atoms with van der Waals surface area (Å²) in [6, 6.07) is 7.79. The first-order valence-electron chi connectivity index (χ1n) is 9.11. The van der Waals surface area contributed by atoms with E-state index in [1.54, 1.807) is 16.7 Å². The normalized spacial score (nSPS) is 18.6. The second kappa shape index (κ2) is 10.2. The lowest BCUT2D eigenvalue weighted by atomic mass is 9.88. The number of carbonyl (C=O) groups is 2. The van der Waals surface area contributed by atoms with E-state index in [1.807, 2.05) is 12.1 Å². The van der Waals surface area contributed by atoms with Crippen molar-refractivity contribution in [3.8, 4) is 0 Å². The smallest absolute Gasteiger partial charge is 0.227 e. The molecule has 138 valence electrons. The van der Waals surface area contributed by atoms with Crippen LogP contribution in [0.2, 0.25) is 5.02 Å². The summed E-state index contributed by atoms with van der Waals surface area (Å²) in [4.78, 5) is 25.7. The minimum Gasteiger partial charge on any atom is -0.323 e. The number of unbranched alkanes of at least 4 members (excludes halogenated alkanes) is 2. The maximum Gasteiger partial charge on any atom is 0.227 e. The van der Waals surface area contributed by atoms with Crippen molar-refractivity contribution in [1.82, 2.24) is 4.90 Å². The lowest BCUT2D eigenvalue weighted by Crippen LogP contribution is -2.42. The summed E-state index contributed by atoms with van der Waals surface area (Å²) in [5.41, 5.74) is 1.31. The third-order valence-electron chi connectivity index (χ3n) is 4.88. The molecular formula is C20H28ClNO2S. The Labute approximate surface area is 160 Å². The quantitative estimate of drug-likeness (QED) is 0.454. The van der Waals surface area contributed by atoms with Gasteiger partial charge in [-0.3, -0.25) is 4.79 Å². The van der Waals surface area contributed by atoms with Crippen LogP contribution in [-0.2, 0) is 16.0 Å². The number of hydrogen-bond donors (Lipinski definition) is 0. The Hall–Kier alpha value is -1.00. The van der Waals surface area contributed by atoms with Crippen molar-refractivity contribution in [2.75, 3.05) is 11.6 Å². The van der Waals surface area contributed by atoms with Crippen LogP contribution in [0, 0.1) is 11.8 Å². The van der Waals surface area contributed by atoms with E-state index in [2.05, 4.69) is 26.0 Å². The molecule has 1 aliphatic rings. The first-order chi connectivity index (χ1) is 12.0. The SMILES string of the molecule is CC(C)C(CCCCCc1ccc(Cl)cc1)C(=O)N1CSC[C@H]1C=O. The van der Waals surface area contributed by atoms with Crippen LogP contribution in [-0.4, -0.2) is 34.8 Å². The third kappa shape index (κ3) is 6.03. The van der Waals surface area contributed by atoms with Crippen LogP contribution in [0.25, 0.3) is 0 Å². The molecule has 1 fully saturated rings. The van der Waals surface area contributed by atoms with Gasteiger partial charge in [0.05, 0.1) is 11.9 Å². The highest BCUT2D eigenvalue weighted by Crippen LogP contribution is 2.27. The third-order valence-corrected chi connectivity index (χ3v) is 6.17. The predicted molar refractivity (Wildman–Crippen MR) is 106 cm³/mol. The molecule has 1 saturated heterocycles. The maximum atomic E-state index is 12.8. The Balaban J connectivity index is 1.76. The molecule has 0 N–H and O–H groups in total. The van der Waals surface area contributed by atoms with Crippen molar-refractivity contribution in [3.05, 3.63) is 34.9 Å². The van der Waals surface area contributed by atoms with E-state index in [4.69, 9.17) is 11.6 Å². The van der Waals surface area contributed by atoms with Crippen molar-refractivity contribution >= 4 is 35.6 Å². The molecule has 0 aliphatic carbocycles. The van der Waals surface area contributed by atoms with Crippen molar-refractivity contribution in [2.24, 2.45) is 11.8 Å². The molecule has 0 saturated carbocycles. The average molecular weight is 382 g/mol. The molecule has 1 amide bonds. The number of halogens is 1. The van der Waals surface area contributed by atoms with E-state index < -0.39 is 0 Å². The van der Waals surface area contributed by atoms with Crippen LogP contribution in [0.4, 0.5) is 0 Å². The first-order valence-corrected chi connectivity index (χ1v) is 10.6. The van der Waals surface area contributed by atoms with Gasteiger partial charge >= 0.3 is 0 Å². The number of hydrogen-bond acceptors (Lipinski definition) is 3. The summed E-state index contributed by atoms with van der Waals surface area (Å²) in [6.45, 7) is 4.21. The molecule has 2 rings (SSSR count). The second-order valence-electron chi connectivity index (χ2n) is 7.09. The molecule has 0 aromatic heterocycles. The maximum absolute atomic E-state index is 12.8. The fraction of sp³-hybridized carbons (Fsp3) is 0.600. The van der Waals surface area contributed by atoms with Crippen molar-refractivity contribution in [3.63, 3.8) is 0 Å². The van der Waals surface area contributed by atoms with E-state index in [0.717, 1.165) is 49.2 Å². The fourth-order valence-electron chi connectivity index (χ4n) is 3.27. The zero-order valence-electron chi connectivity index (χ0n) is 15.1. The molecule has 5 heteroatoms. The largest absolute Gasteiger partial charge is 0.323 e. The zero-order valence-corrected chi connectivity index (χ0v) is 16.7. The Bertz CT molecular complexity index is 561. The summed E-state index contributed by atoms with van der Waals surface area (Å²) < 4.78 is 0. The van der Waals surface area contributed by atoms with E-state index in [0.29, 0.717) is 11.8 Å². The number of benzene rings is 1. The molecule has 25 heavy (non-hydrogen) atoms. The topological polar surface area (TPSA) is 37.4 Å². The van der Waals surface area contributed by atoms with Crippen LogP contribution in [0.1, 0.15) is 45.1 Å². The summed E-state index contributed by atoms with van der Waals surface area (Å²) in [5.74, 6) is 1.89. The molecular weight excluding hydrogens is 354 g/mol. The molecule has 1 aliphatic heterocycles. The summed E-state index contributed by atoms with van der Waals surface area (Å²) in [7, 11) is 0. The minimum absolute atomic E-state index is 0.0247. The highest BCUT2D eigenvalue weighted by Gasteiger charge is 2.34. The van der Waals surface area contributed by atoms with Gasteiger partial charge in [-0.2, -0.15) is 0 Å². The Morgan fingerprint density at radius 2 is 2.00 bits per heavy atom. The molecule has 0 bridgehead atoms. The zero-order chi connectivity index (χ0) is 18.2. The van der Waals surface area contributed by atoms with Crippen LogP contribution in [0.5, 0.6) is 0 Å². The van der Waals surface area contributed by atoms with Gasteiger partial charge in [0.2, 0.25) is 5.91 Å². The van der Waals surface area contributed by atoms with Crippen molar-refractivity contribution in [1.29, 1.82) is 0 Å². The summed E-state index contributed by atoms with van der Waals surface area (Å²) in [5, 5.41) is 0.774. The Morgan fingerprint density at radius 1 is 1.28 bits per heavy atom. The van der Waals surface area contributed by atoms with Gasteiger partial charge < -0.3 is 9.69 Å². The molecule has 3 nitrogen and oxygen atoms in total. The van der Waals surface area contributed by atoms with Gasteiger partial charge in [0.25, 0.3) is 0 Å². The predicted octanol–water partition coefficient (Wildman–Crippen LogP) is 4.82. The first kappa shape index (κ1) is 20.3. The van der Waals surface area contributed by atoms with Gasteiger partial charge in [0, 0.05) is 16.7 Å². The van der Waals surface area contributed by atoms with Crippen LogP contribution < -0.4 is 0 Å². The minimum atomic E-state index is -0.233. The molecule has 1 aromatic rings. The van der Waals surface area contributed by atoms with Gasteiger partial charge in [-0.1, -0.05) is 50.4 Å². The fourth-order valence-corrected chi connectivity index (χ4v) is 4.52. The summed E-state index contributed by atoms with van der Waals surface area (Å²) in [6.07, 6.45) is 6.16. The van der Waals surface area contributed by atoms with Gasteiger partial charge in [-0.05, 0) is 42.9 Å². The number of aldehydes is 1. The standard InChI is InChI=1S/C20H28ClNO2S/c1-15(2)19(20(24)22-14-25-13-18(22)12-23)7-5-3-4-6-16-8-10-17(21)11-9-16/h8-12,15,18-19H,3-7,13-14H2,1-2H3/t18-,19?/m1/s1. The molecule has 1 unspecified atom stereocenters. The lowest BCUT2D eigenvalue weighted by molar-refractivity contribution is -0.139. The summed E-state index contributed by atoms with van der Waals surface area (Å²) >= 11 is 7.57. The molecule has 1 heterocycles. The number of amides is 1. The van der Waals surface area contributed by atoms with Gasteiger partial charge in [0.1, 0.15) is 6.29 Å². The molecule has 1 aromatic carbocycles. The lowest BCUT2D eigenvalue weighted by Gasteiger charge is -2.28. The number of thioether (sulfide) groups is 1. The van der Waals surface area contributed by atoms with E-state index in [-0.39, 0.29) is 17.9 Å². The Morgan fingerprint density at radius 3 is 2.64 bits per heavy atom. The van der Waals surface area contributed by atoms with E-state index in [9.17, 15) is 9.59 Å². The number of nitrogens with zero attached hydrogens (tertiary/aromatic N) is 1. The molecule has 2 atom stereocenters. The highest BCUT2D eigenvalue weighted by molar-refractivity contribution is 7.99. The second-order valence-corrected chi connectivity index (χ2v) is 8.52. The molecule has 0 radical (unpaired) electrons. The average Bonchev–Trinajstić information content (AvgIpc) is 3.07. The van der Waals surface area contributed by atoms with Gasteiger partial charge in [-0.15, -0.1) is 11.8 Å². The van der Waals surface area contributed by atoms with Gasteiger partial charge in [-0.25, -0.2) is 0 Å². The Kier molecular flexibility index (Phi) is 8.31. The van der Waals surface area contributed by atoms with Crippen LogP contribution >= 0.6 is 23.4 Å². The van der Waals surface area contributed by atoms with E-state index in [1.165, 1.54) is 5.56 Å². The van der Waals surface area contributed by atoms with Crippen LogP contribution in [0.3, 0.4) is 0 Å². The van der Waals surface area contributed by atoms with Crippen molar-refractivity contribution in [2.45, 2.75) is 52.0 Å². The monoisotopic (exact) mass is 381 g/mol. The molecule has 0 spiro atoms.